The summed E-state index contributed by atoms with van der Waals surface area (Å²) >= 11 is 0. The zero-order valence-corrected chi connectivity index (χ0v) is 39.9. The second-order valence-corrected chi connectivity index (χ2v) is 18.4. The average molecular weight is 915 g/mol. The van der Waals surface area contributed by atoms with E-state index in [0.717, 1.165) is 11.1 Å². The van der Waals surface area contributed by atoms with Gasteiger partial charge in [-0.1, -0.05) is 52.0 Å². The predicted octanol–water partition coefficient (Wildman–Crippen LogP) is 5.83. The van der Waals surface area contributed by atoms with Gasteiger partial charge in [0.15, 0.2) is 17.3 Å². The van der Waals surface area contributed by atoms with Crippen LogP contribution in [0.25, 0.3) is 22.4 Å². The molecule has 0 aliphatic carbocycles. The number of pyridine rings is 1. The number of hydrogen-bond donors (Lipinski definition) is 5. The molecule has 0 saturated carbocycles. The van der Waals surface area contributed by atoms with Crippen LogP contribution in [0.2, 0.25) is 0 Å². The fraction of sp³-hybridized carbons (Fsp3) is 0.442. The maximum Gasteiger partial charge on any atom is 0.226 e. The number of amides is 2. The normalized spacial score (nSPS) is 16.8. The lowest BCUT2D eigenvalue weighted by Gasteiger charge is -2.32. The van der Waals surface area contributed by atoms with E-state index in [0.29, 0.717) is 62.0 Å². The van der Waals surface area contributed by atoms with Crippen molar-refractivity contribution in [3.8, 4) is 40.0 Å². The number of rotatable bonds is 17. The Balaban J connectivity index is 1.58. The van der Waals surface area contributed by atoms with Crippen molar-refractivity contribution in [1.82, 2.24) is 15.2 Å². The Morgan fingerprint density at radius 1 is 0.896 bits per heavy atom. The van der Waals surface area contributed by atoms with Crippen LogP contribution in [0.1, 0.15) is 104 Å². The Hall–Kier alpha value is -6.47. The molecule has 67 heavy (non-hydrogen) atoms. The Labute approximate surface area is 393 Å². The van der Waals surface area contributed by atoms with Crippen molar-refractivity contribution >= 4 is 34.9 Å². The smallest absolute Gasteiger partial charge is 0.226 e. The number of nitrogen functional groups attached to an aromatic ring is 1. The molecule has 4 bridgehead atoms. The van der Waals surface area contributed by atoms with E-state index in [4.69, 9.17) is 37.4 Å². The Morgan fingerprint density at radius 3 is 2.15 bits per heavy atom. The van der Waals surface area contributed by atoms with E-state index in [1.807, 2.05) is 43.3 Å². The number of carbonyl (C=O) groups excluding carboxylic acids is 5. The van der Waals surface area contributed by atoms with Crippen molar-refractivity contribution in [2.45, 2.75) is 97.6 Å². The van der Waals surface area contributed by atoms with Gasteiger partial charge in [0.1, 0.15) is 30.8 Å². The summed E-state index contributed by atoms with van der Waals surface area (Å²) in [5.74, 6) is -3.13. The molecule has 4 atom stereocenters. The first kappa shape index (κ1) is 51.5. The standard InChI is InChI=1S/C52H66N8O7/c1-30-23-41(37-13-12-36(29-40(37)57)52(4,5)6)58-32(3)48(30)44(62)28-35(16-18-54)51(65)60(7)49-34-11-15-47(67-22-20-56)39(27-34)38-25-33(10-14-46(38)66-21-19-55)26-42(43(61)9-8-17-53)59-50(64)31(2)24-45(49)63/h10-15,23,25,27,29,31,35,42,49H,8-9,16,18-22,24,26,28,54-57H2,1-7H3,(H,59,64)/t31-,35-,42+,49+/m1/s1. The third kappa shape index (κ3) is 12.5. The zero-order valence-electron chi connectivity index (χ0n) is 39.9. The highest BCUT2D eigenvalue weighted by molar-refractivity contribution is 6.02. The fourth-order valence-corrected chi connectivity index (χ4v) is 8.62. The van der Waals surface area contributed by atoms with E-state index in [1.165, 1.54) is 11.9 Å². The minimum absolute atomic E-state index is 0.0331. The number of anilines is 1. The van der Waals surface area contributed by atoms with Crippen LogP contribution >= 0.6 is 0 Å². The summed E-state index contributed by atoms with van der Waals surface area (Å²) in [6, 6.07) is 18.0. The summed E-state index contributed by atoms with van der Waals surface area (Å²) in [7, 11) is 1.51. The lowest BCUT2D eigenvalue weighted by atomic mass is 9.85. The van der Waals surface area contributed by atoms with Crippen molar-refractivity contribution in [2.24, 2.45) is 29.0 Å². The van der Waals surface area contributed by atoms with Crippen molar-refractivity contribution in [3.05, 3.63) is 94.2 Å². The maximum absolute atomic E-state index is 14.9. The van der Waals surface area contributed by atoms with Gasteiger partial charge in [0.05, 0.1) is 17.8 Å². The minimum Gasteiger partial charge on any atom is -0.492 e. The average Bonchev–Trinajstić information content (AvgIpc) is 3.28. The number of fused-ring (bicyclic) bond motifs is 5. The minimum atomic E-state index is -1.24. The van der Waals surface area contributed by atoms with Gasteiger partial charge in [-0.25, -0.2) is 0 Å². The first-order valence-corrected chi connectivity index (χ1v) is 22.9. The van der Waals surface area contributed by atoms with Crippen LogP contribution in [0.4, 0.5) is 5.69 Å². The van der Waals surface area contributed by atoms with E-state index in [2.05, 4.69) is 26.1 Å². The van der Waals surface area contributed by atoms with Gasteiger partial charge in [-0.2, -0.15) is 5.26 Å². The monoisotopic (exact) mass is 915 g/mol. The molecule has 1 aliphatic rings. The molecule has 1 aromatic heterocycles. The number of benzene rings is 3. The summed E-state index contributed by atoms with van der Waals surface area (Å²) in [6.45, 7) is 12.3. The molecule has 15 nitrogen and oxygen atoms in total. The Morgan fingerprint density at radius 2 is 1.55 bits per heavy atom. The third-order valence-corrected chi connectivity index (χ3v) is 12.2. The molecule has 0 unspecified atom stereocenters. The van der Waals surface area contributed by atoms with Gasteiger partial charge >= 0.3 is 0 Å². The summed E-state index contributed by atoms with van der Waals surface area (Å²) < 4.78 is 12.3. The van der Waals surface area contributed by atoms with Gasteiger partial charge in [-0.3, -0.25) is 29.0 Å². The number of nitriles is 1. The molecule has 3 aromatic carbocycles. The number of aromatic nitrogens is 1. The topological polar surface area (TPSA) is 260 Å². The number of Topliss-reactive ketones (excluding diaryl/α,β-unsaturated/α-hetero) is 3. The molecule has 0 radical (unpaired) electrons. The summed E-state index contributed by atoms with van der Waals surface area (Å²) in [4.78, 5) is 77.4. The fourth-order valence-electron chi connectivity index (χ4n) is 8.62. The van der Waals surface area contributed by atoms with E-state index in [9.17, 15) is 29.2 Å². The highest BCUT2D eigenvalue weighted by atomic mass is 16.5. The molecule has 2 amide bonds. The van der Waals surface area contributed by atoms with Crippen LogP contribution in [-0.4, -0.2) is 85.0 Å². The van der Waals surface area contributed by atoms with E-state index in [1.54, 1.807) is 44.2 Å². The van der Waals surface area contributed by atoms with Crippen molar-refractivity contribution in [2.75, 3.05) is 45.6 Å². The summed E-state index contributed by atoms with van der Waals surface area (Å²) in [6.07, 6.45) is -0.388. The number of carbonyl (C=O) groups is 5. The van der Waals surface area contributed by atoms with Crippen molar-refractivity contribution in [1.29, 1.82) is 5.26 Å². The largest absolute Gasteiger partial charge is 0.492 e. The van der Waals surface area contributed by atoms with E-state index < -0.39 is 41.5 Å². The summed E-state index contributed by atoms with van der Waals surface area (Å²) in [5.41, 5.74) is 31.0. The molecule has 15 heteroatoms. The number of nitrogens with two attached hydrogens (primary N) is 4. The number of nitrogens with one attached hydrogen (secondary N) is 1. The van der Waals surface area contributed by atoms with Crippen LogP contribution in [-0.2, 0) is 31.0 Å². The van der Waals surface area contributed by atoms with Gasteiger partial charge in [0, 0.05) is 91.3 Å². The zero-order chi connectivity index (χ0) is 49.2. The Bertz CT molecular complexity index is 2500. The number of hydrogen-bond acceptors (Lipinski definition) is 13. The number of ether oxygens (including phenoxy) is 2. The van der Waals surface area contributed by atoms with Crippen molar-refractivity contribution < 1.29 is 33.4 Å². The van der Waals surface area contributed by atoms with Gasteiger partial charge in [0.25, 0.3) is 0 Å². The van der Waals surface area contributed by atoms with Crippen LogP contribution in [0, 0.1) is 37.0 Å². The molecule has 9 N–H and O–H groups in total. The van der Waals surface area contributed by atoms with Crippen LogP contribution in [0.3, 0.4) is 0 Å². The molecule has 4 aromatic rings. The number of aryl methyl sites for hydroxylation is 2. The van der Waals surface area contributed by atoms with Crippen LogP contribution < -0.4 is 37.7 Å². The van der Waals surface area contributed by atoms with Crippen molar-refractivity contribution in [3.63, 3.8) is 0 Å². The lowest BCUT2D eigenvalue weighted by molar-refractivity contribution is -0.142. The number of likely N-dealkylation sites (N-methyl/N-ethyl adjacent to an activating group) is 1. The van der Waals surface area contributed by atoms with Crippen LogP contribution in [0.15, 0.2) is 60.7 Å². The molecular formula is C52H66N8O7. The molecule has 0 fully saturated rings. The van der Waals surface area contributed by atoms with Gasteiger partial charge in [-0.05, 0) is 97.3 Å². The highest BCUT2D eigenvalue weighted by Crippen LogP contribution is 2.41. The van der Waals surface area contributed by atoms with Crippen LogP contribution in [0.5, 0.6) is 11.5 Å². The lowest BCUT2D eigenvalue weighted by Crippen LogP contribution is -2.46. The summed E-state index contributed by atoms with van der Waals surface area (Å²) in [5, 5.41) is 12.1. The molecule has 5 rings (SSSR count). The second kappa shape index (κ2) is 22.8. The number of nitrogens with zero attached hydrogens (tertiary/aromatic N) is 3. The van der Waals surface area contributed by atoms with Gasteiger partial charge < -0.3 is 42.6 Å². The molecular weight excluding hydrogens is 849 g/mol. The molecule has 2 heterocycles. The number of ketones is 3. The second-order valence-electron chi connectivity index (χ2n) is 18.4. The Kier molecular flexibility index (Phi) is 17.5. The van der Waals surface area contributed by atoms with E-state index in [-0.39, 0.29) is 88.4 Å². The van der Waals surface area contributed by atoms with Gasteiger partial charge in [0.2, 0.25) is 11.8 Å². The quantitative estimate of drug-likeness (QED) is 0.0618. The molecule has 0 saturated heterocycles. The van der Waals surface area contributed by atoms with E-state index >= 15 is 0 Å². The maximum atomic E-state index is 14.9. The predicted molar refractivity (Wildman–Crippen MR) is 259 cm³/mol. The third-order valence-electron chi connectivity index (χ3n) is 12.2. The molecule has 0 spiro atoms. The first-order chi connectivity index (χ1) is 31.8. The molecule has 1 aliphatic heterocycles. The van der Waals surface area contributed by atoms with Gasteiger partial charge in [-0.15, -0.1) is 0 Å². The molecule has 356 valence electrons. The SMILES string of the molecule is Cc1cc(-c2ccc(C(C)(C)C)cc2N)nc(C)c1C(=O)C[C@@H](CCN)C(=O)N(C)[C@@H]1C(=O)C[C@@H](C)C(=O)N[C@H](C(=O)CCC#N)Cc2ccc(OCCN)c(c2)-c2cc1ccc2OCCN. The first-order valence-electron chi connectivity index (χ1n) is 22.9. The highest BCUT2D eigenvalue weighted by Gasteiger charge is 2.36.